The molecule has 1 aliphatic rings. The number of imidazole rings is 1. The summed E-state index contributed by atoms with van der Waals surface area (Å²) in [7, 11) is 1.61. The van der Waals surface area contributed by atoms with Gasteiger partial charge in [0, 0.05) is 42.1 Å². The lowest BCUT2D eigenvalue weighted by Crippen LogP contribution is -2.20. The van der Waals surface area contributed by atoms with Crippen molar-refractivity contribution in [3.8, 4) is 5.75 Å². The lowest BCUT2D eigenvalue weighted by Gasteiger charge is -2.22. The molecule has 3 aromatic rings. The molecule has 1 aromatic carbocycles. The van der Waals surface area contributed by atoms with Gasteiger partial charge in [-0.2, -0.15) is 4.98 Å². The standard InChI is InChI=1S/C19H21ClN4O2S/c1-12-17(21-10-14(20)18(12)24-7-3-4-8-24)11-27(25)19-22-15-6-5-13(26-2)9-16(15)23-19/h5-6,9-10H,3-4,7-8,11H2,1-2H3,(H,22,23). The highest BCUT2D eigenvalue weighted by Crippen LogP contribution is 2.34. The van der Waals surface area contributed by atoms with E-state index < -0.39 is 11.2 Å². The van der Waals surface area contributed by atoms with Crippen LogP contribution in [-0.2, 0) is 16.9 Å². The van der Waals surface area contributed by atoms with Gasteiger partial charge in [0.2, 0.25) is 0 Å². The van der Waals surface area contributed by atoms with Crippen LogP contribution in [0.4, 0.5) is 5.69 Å². The van der Waals surface area contributed by atoms with Gasteiger partial charge in [0.25, 0.3) is 0 Å². The number of hydrogen-bond donors (Lipinski definition) is 1. The van der Waals surface area contributed by atoms with E-state index in [1.165, 1.54) is 12.8 Å². The molecule has 1 saturated heterocycles. The van der Waals surface area contributed by atoms with E-state index >= 15 is 0 Å². The molecular formula is C19H21ClN4O2S. The Balaban J connectivity index is 1.61. The van der Waals surface area contributed by atoms with Crippen molar-refractivity contribution in [3.05, 3.63) is 40.7 Å². The summed E-state index contributed by atoms with van der Waals surface area (Å²) in [5.74, 6) is 1.01. The van der Waals surface area contributed by atoms with Crippen LogP contribution in [-0.4, -0.2) is 39.7 Å². The summed E-state index contributed by atoms with van der Waals surface area (Å²) in [6.45, 7) is 4.00. The van der Waals surface area contributed by atoms with Crippen LogP contribution in [0.15, 0.2) is 29.6 Å². The van der Waals surface area contributed by atoms with Gasteiger partial charge in [-0.3, -0.25) is 9.97 Å². The number of H-pyrrole nitrogens is 1. The van der Waals surface area contributed by atoms with Gasteiger partial charge in [0.15, 0.2) is 5.75 Å². The van der Waals surface area contributed by atoms with Crippen molar-refractivity contribution in [2.45, 2.75) is 30.7 Å². The summed E-state index contributed by atoms with van der Waals surface area (Å²) in [5.41, 5.74) is 4.37. The Morgan fingerprint density at radius 2 is 2.11 bits per heavy atom. The minimum atomic E-state index is -1.33. The van der Waals surface area contributed by atoms with E-state index in [-0.39, 0.29) is 0 Å². The average Bonchev–Trinajstić information content (AvgIpc) is 3.33. The minimum absolute atomic E-state index is 0.292. The van der Waals surface area contributed by atoms with Gasteiger partial charge < -0.3 is 14.2 Å². The fourth-order valence-corrected chi connectivity index (χ4v) is 4.88. The maximum absolute atomic E-state index is 12.9. The molecule has 1 N–H and O–H groups in total. The van der Waals surface area contributed by atoms with E-state index in [1.54, 1.807) is 13.3 Å². The number of aromatic amines is 1. The summed E-state index contributed by atoms with van der Waals surface area (Å²) in [6, 6.07) is 5.55. The molecule has 0 spiro atoms. The summed E-state index contributed by atoms with van der Waals surface area (Å²) < 4.78 is 18.1. The first kappa shape index (κ1) is 18.4. The third-order valence-corrected chi connectivity index (χ3v) is 6.36. The number of aromatic nitrogens is 3. The number of benzene rings is 1. The quantitative estimate of drug-likeness (QED) is 0.654. The molecule has 1 unspecified atom stereocenters. The van der Waals surface area contributed by atoms with Gasteiger partial charge in [0.1, 0.15) is 5.75 Å². The van der Waals surface area contributed by atoms with Crippen molar-refractivity contribution in [2.24, 2.45) is 0 Å². The van der Waals surface area contributed by atoms with Crippen LogP contribution in [0.5, 0.6) is 5.75 Å². The van der Waals surface area contributed by atoms with Crippen molar-refractivity contribution in [1.82, 2.24) is 15.0 Å². The number of nitrogens with zero attached hydrogens (tertiary/aromatic N) is 3. The average molecular weight is 405 g/mol. The molecule has 1 fully saturated rings. The first-order valence-corrected chi connectivity index (χ1v) is 10.6. The lowest BCUT2D eigenvalue weighted by molar-refractivity contribution is 0.415. The van der Waals surface area contributed by atoms with Crippen molar-refractivity contribution in [3.63, 3.8) is 0 Å². The van der Waals surface area contributed by atoms with Crippen molar-refractivity contribution in [2.75, 3.05) is 25.1 Å². The Bertz CT molecular complexity index is 972. The Morgan fingerprint density at radius 1 is 1.33 bits per heavy atom. The van der Waals surface area contributed by atoms with Crippen molar-refractivity contribution < 1.29 is 9.29 Å². The molecular weight excluding hydrogens is 384 g/mol. The predicted octanol–water partition coefficient (Wildman–Crippen LogP) is 3.84. The normalized spacial score (nSPS) is 15.5. The van der Waals surface area contributed by atoms with E-state index in [0.29, 0.717) is 15.9 Å². The number of halogens is 1. The SMILES string of the molecule is COc1ccc2[nH]c([S+]([O-])Cc3ncc(Cl)c(N4CCCC4)c3C)nc2c1. The second kappa shape index (κ2) is 7.58. The second-order valence-corrected chi connectivity index (χ2v) is 8.41. The smallest absolute Gasteiger partial charge is 0.322 e. The zero-order valence-corrected chi connectivity index (χ0v) is 16.9. The van der Waals surface area contributed by atoms with Gasteiger partial charge in [-0.15, -0.1) is 0 Å². The highest BCUT2D eigenvalue weighted by atomic mass is 35.5. The number of ether oxygens (including phenoxy) is 1. The van der Waals surface area contributed by atoms with Crippen LogP contribution in [0.1, 0.15) is 24.1 Å². The number of nitrogens with one attached hydrogen (secondary N) is 1. The van der Waals surface area contributed by atoms with E-state index in [4.69, 9.17) is 16.3 Å². The molecule has 1 atom stereocenters. The Hall–Kier alpha value is -1.96. The number of rotatable bonds is 5. The molecule has 3 heterocycles. The van der Waals surface area contributed by atoms with Crippen molar-refractivity contribution >= 4 is 39.5 Å². The van der Waals surface area contributed by atoms with Crippen LogP contribution in [0.25, 0.3) is 11.0 Å². The Labute approximate surface area is 166 Å². The number of fused-ring (bicyclic) bond motifs is 1. The topological polar surface area (TPSA) is 77.1 Å². The summed E-state index contributed by atoms with van der Waals surface area (Å²) in [4.78, 5) is 14.3. The molecule has 6 nitrogen and oxygen atoms in total. The van der Waals surface area contributed by atoms with Gasteiger partial charge in [-0.05, 0) is 31.9 Å². The zero-order chi connectivity index (χ0) is 19.0. The maximum Gasteiger partial charge on any atom is 0.322 e. The van der Waals surface area contributed by atoms with E-state index in [9.17, 15) is 4.55 Å². The molecule has 4 rings (SSSR count). The Kier molecular flexibility index (Phi) is 5.16. The number of hydrogen-bond acceptors (Lipinski definition) is 5. The maximum atomic E-state index is 12.9. The first-order valence-electron chi connectivity index (χ1n) is 8.88. The van der Waals surface area contributed by atoms with E-state index in [2.05, 4.69) is 19.9 Å². The van der Waals surface area contributed by atoms with Gasteiger partial charge >= 0.3 is 5.16 Å². The molecule has 27 heavy (non-hydrogen) atoms. The van der Waals surface area contributed by atoms with E-state index in [0.717, 1.165) is 46.8 Å². The fourth-order valence-electron chi connectivity index (χ4n) is 3.47. The van der Waals surface area contributed by atoms with Crippen LogP contribution in [0, 0.1) is 6.92 Å². The molecule has 0 aliphatic carbocycles. The molecule has 0 bridgehead atoms. The van der Waals surface area contributed by atoms with Gasteiger partial charge in [-0.25, -0.2) is 0 Å². The number of anilines is 1. The zero-order valence-electron chi connectivity index (χ0n) is 15.3. The lowest BCUT2D eigenvalue weighted by atomic mass is 10.2. The largest absolute Gasteiger partial charge is 0.609 e. The van der Waals surface area contributed by atoms with Crippen LogP contribution in [0.2, 0.25) is 5.02 Å². The Morgan fingerprint density at radius 3 is 2.85 bits per heavy atom. The summed E-state index contributed by atoms with van der Waals surface area (Å²) >= 11 is 5.07. The minimum Gasteiger partial charge on any atom is -0.609 e. The van der Waals surface area contributed by atoms with Crippen LogP contribution < -0.4 is 9.64 Å². The molecule has 0 amide bonds. The molecule has 8 heteroatoms. The molecule has 1 aliphatic heterocycles. The number of methoxy groups -OCH3 is 1. The van der Waals surface area contributed by atoms with Gasteiger partial charge in [-0.1, -0.05) is 11.6 Å². The molecule has 0 radical (unpaired) electrons. The first-order chi connectivity index (χ1) is 13.1. The highest BCUT2D eigenvalue weighted by Gasteiger charge is 2.24. The molecule has 142 valence electrons. The third-order valence-electron chi connectivity index (χ3n) is 4.92. The second-order valence-electron chi connectivity index (χ2n) is 6.64. The van der Waals surface area contributed by atoms with Gasteiger partial charge in [0.05, 0.1) is 34.5 Å². The fraction of sp³-hybridized carbons (Fsp3) is 0.368. The monoisotopic (exact) mass is 404 g/mol. The predicted molar refractivity (Wildman–Crippen MR) is 108 cm³/mol. The third kappa shape index (κ3) is 3.59. The van der Waals surface area contributed by atoms with Crippen LogP contribution in [0.3, 0.4) is 0 Å². The molecule has 0 saturated carbocycles. The van der Waals surface area contributed by atoms with E-state index in [1.807, 2.05) is 25.1 Å². The van der Waals surface area contributed by atoms with Crippen molar-refractivity contribution in [1.29, 1.82) is 0 Å². The molecule has 2 aromatic heterocycles. The summed E-state index contributed by atoms with van der Waals surface area (Å²) in [5, 5.41) is 1.09. The highest BCUT2D eigenvalue weighted by molar-refractivity contribution is 7.90. The summed E-state index contributed by atoms with van der Waals surface area (Å²) in [6.07, 6.45) is 4.00. The van der Waals surface area contributed by atoms with Crippen LogP contribution >= 0.6 is 11.6 Å². The number of pyridine rings is 1.